The van der Waals surface area contributed by atoms with E-state index < -0.39 is 0 Å². The summed E-state index contributed by atoms with van der Waals surface area (Å²) >= 11 is 0. The molecule has 20 rings (SSSR count). The number of aryl methyl sites for hydroxylation is 1. The Hall–Kier alpha value is -10.6. The summed E-state index contributed by atoms with van der Waals surface area (Å²) in [5, 5.41) is 12.8. The Balaban J connectivity index is 0.000000107. The summed E-state index contributed by atoms with van der Waals surface area (Å²) in [6, 6.07) is 33.2. The van der Waals surface area contributed by atoms with E-state index in [2.05, 4.69) is 140 Å². The summed E-state index contributed by atoms with van der Waals surface area (Å²) in [4.78, 5) is 72.3. The van der Waals surface area contributed by atoms with Gasteiger partial charge in [0, 0.05) is 148 Å². The number of hydrogen-bond donors (Lipinski definition) is 3. The highest BCUT2D eigenvalue weighted by molar-refractivity contribution is 6.13. The molecule has 0 atom stereocenters. The molecule has 3 saturated carbocycles. The summed E-state index contributed by atoms with van der Waals surface area (Å²) in [5.74, 6) is 8.06. The van der Waals surface area contributed by atoms with E-state index in [1.807, 2.05) is 79.9 Å². The molecule has 0 bridgehead atoms. The molecule has 0 unspecified atom stereocenters. The fourth-order valence-corrected chi connectivity index (χ4v) is 15.5. The molecule has 3 N–H and O–H groups in total. The van der Waals surface area contributed by atoms with Gasteiger partial charge in [-0.1, -0.05) is 61.0 Å². The quantitative estimate of drug-likeness (QED) is 0.110. The highest BCUT2D eigenvalue weighted by Crippen LogP contribution is 2.48. The number of aromatic amines is 2. The lowest BCUT2D eigenvalue weighted by Crippen LogP contribution is -2.31. The summed E-state index contributed by atoms with van der Waals surface area (Å²) in [6.07, 6.45) is 37.3. The molecule has 0 spiro atoms. The van der Waals surface area contributed by atoms with Crippen LogP contribution < -0.4 is 20.0 Å². The second kappa shape index (κ2) is 25.7. The van der Waals surface area contributed by atoms with Crippen LogP contribution in [0.4, 0.5) is 29.0 Å². The number of H-pyrrole nitrogens is 2. The predicted molar refractivity (Wildman–Crippen MR) is 394 cm³/mol. The Bertz CT molecular complexity index is 5320. The number of rotatable bonds is 11. The van der Waals surface area contributed by atoms with Crippen molar-refractivity contribution in [1.82, 2.24) is 69.8 Å². The summed E-state index contributed by atoms with van der Waals surface area (Å²) in [5.41, 5.74) is 14.8. The second-order valence-corrected chi connectivity index (χ2v) is 27.7. The zero-order valence-corrected chi connectivity index (χ0v) is 55.4. The molecule has 18 heteroatoms. The highest BCUT2D eigenvalue weighted by Gasteiger charge is 2.33. The minimum Gasteiger partial charge on any atom is -0.356 e. The van der Waals surface area contributed by atoms with Crippen LogP contribution in [0.5, 0.6) is 0 Å². The highest BCUT2D eigenvalue weighted by atomic mass is 15.2. The van der Waals surface area contributed by atoms with Crippen molar-refractivity contribution < 1.29 is 0 Å². The van der Waals surface area contributed by atoms with Crippen molar-refractivity contribution in [2.24, 2.45) is 0 Å². The van der Waals surface area contributed by atoms with Gasteiger partial charge in [0.2, 0.25) is 0 Å². The number of hydrogen-bond acceptors (Lipinski definition) is 16. The van der Waals surface area contributed by atoms with Crippen LogP contribution in [0.25, 0.3) is 111 Å². The van der Waals surface area contributed by atoms with Crippen LogP contribution in [0.2, 0.25) is 0 Å². The number of anilines is 5. The zero-order chi connectivity index (χ0) is 65.0. The predicted octanol–water partition coefficient (Wildman–Crippen LogP) is 17.6. The third-order valence-electron chi connectivity index (χ3n) is 21.0. The molecule has 0 amide bonds. The lowest BCUT2D eigenvalue weighted by atomic mass is 9.79. The van der Waals surface area contributed by atoms with Gasteiger partial charge in [-0.15, -0.1) is 0 Å². The molecule has 98 heavy (non-hydrogen) atoms. The molecule has 6 aliphatic rings. The first-order valence-corrected chi connectivity index (χ1v) is 35.7. The van der Waals surface area contributed by atoms with Crippen LogP contribution in [-0.2, 0) is 0 Å². The van der Waals surface area contributed by atoms with E-state index >= 15 is 0 Å². The van der Waals surface area contributed by atoms with E-state index in [0.29, 0.717) is 17.8 Å². The van der Waals surface area contributed by atoms with Crippen molar-refractivity contribution >= 4 is 105 Å². The molecule has 11 aromatic heterocycles. The standard InChI is InChI=1S/C30H28N6.C27H26N6.C23H24N6/c1-4-15-36(16-5-1)30-28-24(21-11-12-21)18-31-19-26(28)34-29(35-30)22-13-14-32-27(17-22)33-25-10-6-8-20-7-2-3-9-23(20)25;1-4-13-33(14-5-1)27-24-20(17-7-6-8-17)15-28-16-22(24)31-25(32-27)19-11-12-29-26-23(19)18-9-2-3-10-21(18)30-26;1-14-11-17-16(7-8-25-21(17)26-14)22-27-19-13-24-12-18(15-5-6-15)20(19)23(28-22)29-9-3-2-4-10-29/h2-3,6-10,13-14,17-19,21H,1,4-5,11-12,15-16H2,(H,32,33);2-3,9-12,15-17H,1,4-8,13-14H2,(H,29,30);7-8,11-13,15H,2-6,9-10H2,1H3,(H,25,26). The van der Waals surface area contributed by atoms with Crippen LogP contribution in [-0.4, -0.2) is 109 Å². The maximum Gasteiger partial charge on any atom is 0.163 e. The van der Waals surface area contributed by atoms with Crippen LogP contribution in [0.1, 0.15) is 143 Å². The van der Waals surface area contributed by atoms with Crippen molar-refractivity contribution in [3.8, 4) is 34.2 Å². The van der Waals surface area contributed by atoms with Crippen LogP contribution >= 0.6 is 0 Å². The average molecular weight is 1290 g/mol. The number of pyridine rings is 6. The van der Waals surface area contributed by atoms with Gasteiger partial charge < -0.3 is 30.0 Å². The van der Waals surface area contributed by atoms with Crippen LogP contribution in [0, 0.1) is 6.92 Å². The summed E-state index contributed by atoms with van der Waals surface area (Å²) in [6.45, 7) is 8.37. The van der Waals surface area contributed by atoms with Crippen molar-refractivity contribution in [3.63, 3.8) is 0 Å². The fourth-order valence-electron chi connectivity index (χ4n) is 15.5. The molecule has 18 nitrogen and oxygen atoms in total. The first-order chi connectivity index (χ1) is 48.5. The third-order valence-corrected chi connectivity index (χ3v) is 21.0. The second-order valence-electron chi connectivity index (χ2n) is 27.7. The number of benzene rings is 3. The van der Waals surface area contributed by atoms with E-state index in [0.717, 1.165) is 158 Å². The minimum atomic E-state index is 0.584. The first kappa shape index (κ1) is 59.8. The molecule has 3 aromatic carbocycles. The zero-order valence-electron chi connectivity index (χ0n) is 55.4. The largest absolute Gasteiger partial charge is 0.356 e. The SMILES string of the molecule is Cc1cc2c(-c3nc(N4CCCCC4)c4c(C5CC5)cncc4n3)ccnc2[nH]1.c1ccc2c(Nc3cc(-c4nc(N5CCCCC5)c5c(C6CC6)cncc5n4)ccn3)cccc2c1.c1ccc2c(c1)[nH]c1nccc(-c3nc(N4CCCCC4)c4c(C5CCC5)cncc4n3)c12. The Morgan fingerprint density at radius 3 is 1.48 bits per heavy atom. The molecule has 14 aromatic rings. The molecule has 0 radical (unpaired) electrons. The molecule has 488 valence electrons. The molecule has 6 fully saturated rings. The molecule has 3 aliphatic carbocycles. The normalized spacial score (nSPS) is 16.8. The Kier molecular flexibility index (Phi) is 15.7. The number of aromatic nitrogens is 14. The van der Waals surface area contributed by atoms with Crippen LogP contribution in [0.3, 0.4) is 0 Å². The molecule has 3 aliphatic heterocycles. The number of fused-ring (bicyclic) bond motifs is 8. The maximum atomic E-state index is 5.28. The Morgan fingerprint density at radius 1 is 0.398 bits per heavy atom. The third kappa shape index (κ3) is 11.6. The first-order valence-electron chi connectivity index (χ1n) is 35.7. The van der Waals surface area contributed by atoms with E-state index in [-0.39, 0.29) is 0 Å². The van der Waals surface area contributed by atoms with E-state index in [4.69, 9.17) is 29.9 Å². The molecular weight excluding hydrogens is 1210 g/mol. The Morgan fingerprint density at radius 2 is 0.898 bits per heavy atom. The van der Waals surface area contributed by atoms with Crippen LogP contribution in [0.15, 0.2) is 153 Å². The minimum absolute atomic E-state index is 0.584. The van der Waals surface area contributed by atoms with Gasteiger partial charge in [-0.3, -0.25) is 15.0 Å². The van der Waals surface area contributed by atoms with Crippen molar-refractivity contribution in [2.45, 2.75) is 127 Å². The maximum absolute atomic E-state index is 5.28. The van der Waals surface area contributed by atoms with E-state index in [1.165, 1.54) is 146 Å². The number of piperidine rings is 3. The lowest BCUT2D eigenvalue weighted by molar-refractivity contribution is 0.421. The van der Waals surface area contributed by atoms with E-state index in [1.54, 1.807) is 0 Å². The summed E-state index contributed by atoms with van der Waals surface area (Å²) < 4.78 is 0. The van der Waals surface area contributed by atoms with Gasteiger partial charge in [0.05, 0.1) is 35.1 Å². The van der Waals surface area contributed by atoms with Gasteiger partial charge in [0.15, 0.2) is 17.5 Å². The Labute approximate surface area is 568 Å². The van der Waals surface area contributed by atoms with Gasteiger partial charge in [-0.25, -0.2) is 44.9 Å². The number of para-hydroxylation sites is 1. The number of nitrogens with zero attached hydrogens (tertiary/aromatic N) is 15. The lowest BCUT2D eigenvalue weighted by Gasteiger charge is -2.32. The van der Waals surface area contributed by atoms with Crippen molar-refractivity contribution in [2.75, 3.05) is 59.3 Å². The van der Waals surface area contributed by atoms with Gasteiger partial charge in [-0.2, -0.15) is 0 Å². The van der Waals surface area contributed by atoms with Gasteiger partial charge in [0.1, 0.15) is 34.6 Å². The van der Waals surface area contributed by atoms with Crippen molar-refractivity contribution in [1.29, 1.82) is 0 Å². The fraction of sp³-hybridized carbons (Fsp3) is 0.325. The van der Waals surface area contributed by atoms with Crippen molar-refractivity contribution in [3.05, 3.63) is 175 Å². The molecule has 14 heterocycles. The smallest absolute Gasteiger partial charge is 0.163 e. The topological polar surface area (TPSA) is 208 Å². The average Bonchev–Trinajstić information content (AvgIpc) is 1.15. The monoisotopic (exact) mass is 1290 g/mol. The van der Waals surface area contributed by atoms with Gasteiger partial charge >= 0.3 is 0 Å². The summed E-state index contributed by atoms with van der Waals surface area (Å²) in [7, 11) is 0. The molecular formula is C80H78N18. The van der Waals surface area contributed by atoms with E-state index in [9.17, 15) is 0 Å². The van der Waals surface area contributed by atoms with Gasteiger partial charge in [0.25, 0.3) is 0 Å². The van der Waals surface area contributed by atoms with Gasteiger partial charge in [-0.05, 0) is 186 Å². The number of nitrogens with one attached hydrogen (secondary N) is 3. The molecule has 3 saturated heterocycles.